The summed E-state index contributed by atoms with van der Waals surface area (Å²) in [5, 5.41) is 9.51. The Bertz CT molecular complexity index is 680. The van der Waals surface area contributed by atoms with Crippen molar-refractivity contribution in [2.24, 2.45) is 0 Å². The predicted molar refractivity (Wildman–Crippen MR) is 108 cm³/mol. The Morgan fingerprint density at radius 1 is 0.889 bits per heavy atom. The minimum absolute atomic E-state index is 0.0519. The molecular formula is C24H29NO2. The van der Waals surface area contributed by atoms with E-state index in [-0.39, 0.29) is 12.4 Å². The average molecular weight is 364 g/mol. The van der Waals surface area contributed by atoms with Crippen LogP contribution in [-0.2, 0) is 14.9 Å². The summed E-state index contributed by atoms with van der Waals surface area (Å²) in [4.78, 5) is 13.2. The van der Waals surface area contributed by atoms with Gasteiger partial charge in [-0.15, -0.1) is 0 Å². The van der Waals surface area contributed by atoms with Crippen molar-refractivity contribution in [1.29, 1.82) is 5.26 Å². The lowest BCUT2D eigenvalue weighted by Crippen LogP contribution is -2.38. The smallest absolute Gasteiger partial charge is 0.322 e. The normalized spacial score (nSPS) is 11.0. The van der Waals surface area contributed by atoms with E-state index in [0.29, 0.717) is 6.61 Å². The molecule has 27 heavy (non-hydrogen) atoms. The standard InChI is InChI=1S/C24H29NO2/c1-2-3-4-5-6-13-20-27-23(26)24(18-19-25,21-14-9-7-10-15-21)22-16-11-8-12-17-22/h7-12,14-17H,2-6,13,18,20H2,1H3. The molecule has 0 spiro atoms. The fourth-order valence-corrected chi connectivity index (χ4v) is 3.41. The molecule has 0 aliphatic heterocycles. The Hall–Kier alpha value is -2.60. The number of nitriles is 1. The predicted octanol–water partition coefficient (Wildman–Crippen LogP) is 5.79. The number of carbonyl (C=O) groups is 1. The molecule has 0 aliphatic carbocycles. The summed E-state index contributed by atoms with van der Waals surface area (Å²) in [6, 6.07) is 21.2. The summed E-state index contributed by atoms with van der Waals surface area (Å²) in [7, 11) is 0. The molecule has 0 atom stereocenters. The maximum atomic E-state index is 13.2. The van der Waals surface area contributed by atoms with Crippen LogP contribution in [0.3, 0.4) is 0 Å². The van der Waals surface area contributed by atoms with Gasteiger partial charge in [0.15, 0.2) is 0 Å². The second kappa shape index (κ2) is 11.2. The Balaban J connectivity index is 2.17. The summed E-state index contributed by atoms with van der Waals surface area (Å²) < 4.78 is 5.69. The molecule has 3 heteroatoms. The van der Waals surface area contributed by atoms with Crippen molar-refractivity contribution < 1.29 is 9.53 Å². The Labute approximate surface area is 163 Å². The molecule has 0 N–H and O–H groups in total. The summed E-state index contributed by atoms with van der Waals surface area (Å²) >= 11 is 0. The van der Waals surface area contributed by atoms with Gasteiger partial charge in [-0.2, -0.15) is 5.26 Å². The van der Waals surface area contributed by atoms with Gasteiger partial charge in [0, 0.05) is 0 Å². The molecule has 0 saturated heterocycles. The molecule has 2 aromatic rings. The van der Waals surface area contributed by atoms with Gasteiger partial charge in [-0.25, -0.2) is 0 Å². The van der Waals surface area contributed by atoms with Crippen LogP contribution in [0.2, 0.25) is 0 Å². The molecule has 2 aromatic carbocycles. The van der Waals surface area contributed by atoms with Gasteiger partial charge in [0.05, 0.1) is 19.1 Å². The van der Waals surface area contributed by atoms with Crippen LogP contribution in [0.25, 0.3) is 0 Å². The van der Waals surface area contributed by atoms with E-state index in [4.69, 9.17) is 4.74 Å². The van der Waals surface area contributed by atoms with E-state index in [9.17, 15) is 10.1 Å². The number of unbranched alkanes of at least 4 members (excludes halogenated alkanes) is 5. The number of nitrogens with zero attached hydrogens (tertiary/aromatic N) is 1. The van der Waals surface area contributed by atoms with Gasteiger partial charge in [-0.3, -0.25) is 4.79 Å². The van der Waals surface area contributed by atoms with Crippen LogP contribution < -0.4 is 0 Å². The van der Waals surface area contributed by atoms with Gasteiger partial charge in [0.2, 0.25) is 0 Å². The van der Waals surface area contributed by atoms with E-state index in [2.05, 4.69) is 13.0 Å². The van der Waals surface area contributed by atoms with Crippen LogP contribution in [0.4, 0.5) is 0 Å². The SMILES string of the molecule is CCCCCCCCOC(=O)C(CC#N)(c1ccccc1)c1ccccc1. The topological polar surface area (TPSA) is 50.1 Å². The van der Waals surface area contributed by atoms with Crippen LogP contribution in [-0.4, -0.2) is 12.6 Å². The van der Waals surface area contributed by atoms with Crippen molar-refractivity contribution in [3.05, 3.63) is 71.8 Å². The van der Waals surface area contributed by atoms with Crippen molar-refractivity contribution in [3.63, 3.8) is 0 Å². The number of hydrogen-bond acceptors (Lipinski definition) is 3. The molecule has 0 amide bonds. The van der Waals surface area contributed by atoms with E-state index in [1.165, 1.54) is 25.7 Å². The fourth-order valence-electron chi connectivity index (χ4n) is 3.41. The van der Waals surface area contributed by atoms with Gasteiger partial charge in [0.25, 0.3) is 0 Å². The number of rotatable bonds is 11. The highest BCUT2D eigenvalue weighted by atomic mass is 16.5. The molecule has 0 saturated carbocycles. The zero-order valence-electron chi connectivity index (χ0n) is 16.2. The second-order valence-corrected chi connectivity index (χ2v) is 6.88. The van der Waals surface area contributed by atoms with Gasteiger partial charge < -0.3 is 4.74 Å². The van der Waals surface area contributed by atoms with Crippen LogP contribution in [0.1, 0.15) is 63.0 Å². The molecule has 2 rings (SSSR count). The van der Waals surface area contributed by atoms with Gasteiger partial charge in [0.1, 0.15) is 5.41 Å². The zero-order valence-corrected chi connectivity index (χ0v) is 16.2. The van der Waals surface area contributed by atoms with Crippen molar-refractivity contribution in [1.82, 2.24) is 0 Å². The van der Waals surface area contributed by atoms with E-state index in [1.54, 1.807) is 0 Å². The average Bonchev–Trinajstić information content (AvgIpc) is 2.72. The lowest BCUT2D eigenvalue weighted by atomic mass is 9.72. The van der Waals surface area contributed by atoms with Crippen LogP contribution in [0.15, 0.2) is 60.7 Å². The number of benzene rings is 2. The molecule has 0 aliphatic rings. The molecule has 0 unspecified atom stereocenters. The molecule has 3 nitrogen and oxygen atoms in total. The molecule has 0 radical (unpaired) electrons. The van der Waals surface area contributed by atoms with Gasteiger partial charge in [-0.1, -0.05) is 99.7 Å². The van der Waals surface area contributed by atoms with E-state index < -0.39 is 5.41 Å². The molecule has 0 heterocycles. The fraction of sp³-hybridized carbons (Fsp3) is 0.417. The Morgan fingerprint density at radius 2 is 1.41 bits per heavy atom. The molecule has 0 aromatic heterocycles. The summed E-state index contributed by atoms with van der Waals surface area (Å²) in [6.45, 7) is 2.60. The summed E-state index contributed by atoms with van der Waals surface area (Å²) in [5.74, 6) is -0.338. The van der Waals surface area contributed by atoms with Crippen LogP contribution in [0, 0.1) is 11.3 Å². The maximum Gasteiger partial charge on any atom is 0.322 e. The van der Waals surface area contributed by atoms with Gasteiger partial charge in [-0.05, 0) is 17.5 Å². The van der Waals surface area contributed by atoms with E-state index in [0.717, 1.165) is 24.0 Å². The Morgan fingerprint density at radius 3 is 1.93 bits per heavy atom. The minimum atomic E-state index is -1.08. The highest BCUT2D eigenvalue weighted by molar-refractivity contribution is 5.88. The second-order valence-electron chi connectivity index (χ2n) is 6.88. The Kier molecular flexibility index (Phi) is 8.58. The third-order valence-electron chi connectivity index (χ3n) is 4.96. The molecular weight excluding hydrogens is 334 g/mol. The van der Waals surface area contributed by atoms with Crippen LogP contribution >= 0.6 is 0 Å². The quantitative estimate of drug-likeness (QED) is 0.375. The highest BCUT2D eigenvalue weighted by Gasteiger charge is 2.43. The first-order valence-corrected chi connectivity index (χ1v) is 9.91. The van der Waals surface area contributed by atoms with E-state index in [1.807, 2.05) is 60.7 Å². The largest absolute Gasteiger partial charge is 0.465 e. The van der Waals surface area contributed by atoms with Crippen molar-refractivity contribution in [3.8, 4) is 6.07 Å². The summed E-state index contributed by atoms with van der Waals surface area (Å²) in [6.07, 6.45) is 6.86. The first kappa shape index (κ1) is 20.7. The number of hydrogen-bond donors (Lipinski definition) is 0. The minimum Gasteiger partial charge on any atom is -0.465 e. The van der Waals surface area contributed by atoms with Crippen molar-refractivity contribution in [2.75, 3.05) is 6.61 Å². The van der Waals surface area contributed by atoms with Crippen molar-refractivity contribution >= 4 is 5.97 Å². The lowest BCUT2D eigenvalue weighted by molar-refractivity contribution is -0.149. The molecule has 142 valence electrons. The van der Waals surface area contributed by atoms with E-state index >= 15 is 0 Å². The number of carbonyl (C=O) groups excluding carboxylic acids is 1. The zero-order chi connectivity index (χ0) is 19.4. The first-order chi connectivity index (χ1) is 13.3. The molecule has 0 bridgehead atoms. The number of esters is 1. The first-order valence-electron chi connectivity index (χ1n) is 9.91. The molecule has 0 fully saturated rings. The number of ether oxygens (including phenoxy) is 1. The lowest BCUT2D eigenvalue weighted by Gasteiger charge is -2.30. The third-order valence-corrected chi connectivity index (χ3v) is 4.96. The monoisotopic (exact) mass is 363 g/mol. The summed E-state index contributed by atoms with van der Waals surface area (Å²) in [5.41, 5.74) is 0.510. The maximum absolute atomic E-state index is 13.2. The third kappa shape index (κ3) is 5.44. The van der Waals surface area contributed by atoms with Gasteiger partial charge >= 0.3 is 5.97 Å². The van der Waals surface area contributed by atoms with Crippen molar-refractivity contribution in [2.45, 2.75) is 57.3 Å². The highest BCUT2D eigenvalue weighted by Crippen LogP contribution is 2.37. The van der Waals surface area contributed by atoms with Crippen LogP contribution in [0.5, 0.6) is 0 Å².